The Kier molecular flexibility index (Phi) is 2.17. The molecule has 0 bridgehead atoms. The largest absolute Gasteiger partial charge is 0.417 e. The van der Waals surface area contributed by atoms with Gasteiger partial charge in [-0.2, -0.15) is 0 Å². The van der Waals surface area contributed by atoms with Crippen molar-refractivity contribution >= 4 is 38.6 Å². The fourth-order valence-corrected chi connectivity index (χ4v) is 1.97. The zero-order chi connectivity index (χ0) is 9.42. The maximum atomic E-state index is 10.8. The molecule has 1 aromatic carbocycles. The van der Waals surface area contributed by atoms with Gasteiger partial charge in [-0.05, 0) is 11.6 Å². The number of nitrogens with one attached hydrogen (secondary N) is 1. The molecule has 0 saturated heterocycles. The lowest BCUT2D eigenvalue weighted by Gasteiger charge is -1.97. The van der Waals surface area contributed by atoms with Gasteiger partial charge in [-0.1, -0.05) is 27.5 Å². The number of oxazole rings is 1. The minimum atomic E-state index is -0.460. The second-order valence-electron chi connectivity index (χ2n) is 2.59. The molecule has 1 N–H and O–H groups in total. The molecular weight excluding hydrogens is 257 g/mol. The SMILES string of the molecule is O=c1[nH]c2cc(CBr)c(Cl)cc2o1. The number of aromatic nitrogens is 1. The quantitative estimate of drug-likeness (QED) is 0.803. The number of benzene rings is 1. The summed E-state index contributed by atoms with van der Waals surface area (Å²) in [7, 11) is 0. The predicted molar refractivity (Wildman–Crippen MR) is 54.5 cm³/mol. The lowest BCUT2D eigenvalue weighted by atomic mass is 10.2. The molecule has 2 rings (SSSR count). The summed E-state index contributed by atoms with van der Waals surface area (Å²) in [6.45, 7) is 0. The van der Waals surface area contributed by atoms with Gasteiger partial charge in [0.25, 0.3) is 0 Å². The van der Waals surface area contributed by atoms with E-state index in [2.05, 4.69) is 20.9 Å². The van der Waals surface area contributed by atoms with Crippen molar-refractivity contribution < 1.29 is 4.42 Å². The first-order valence-corrected chi connectivity index (χ1v) is 5.08. The monoisotopic (exact) mass is 261 g/mol. The molecule has 5 heteroatoms. The van der Waals surface area contributed by atoms with Crippen LogP contribution in [0.25, 0.3) is 11.1 Å². The van der Waals surface area contributed by atoms with E-state index in [0.717, 1.165) is 5.56 Å². The Morgan fingerprint density at radius 3 is 3.00 bits per heavy atom. The van der Waals surface area contributed by atoms with Crippen LogP contribution in [0, 0.1) is 0 Å². The standard InChI is InChI=1S/C8H5BrClNO2/c9-3-4-1-6-7(2-5(4)10)13-8(12)11-6/h1-2H,3H2,(H,11,12). The van der Waals surface area contributed by atoms with E-state index in [9.17, 15) is 4.79 Å². The molecule has 68 valence electrons. The van der Waals surface area contributed by atoms with Gasteiger partial charge in [0.2, 0.25) is 0 Å². The van der Waals surface area contributed by atoms with E-state index in [1.54, 1.807) is 12.1 Å². The Hall–Kier alpha value is -0.740. The third-order valence-electron chi connectivity index (χ3n) is 1.73. The van der Waals surface area contributed by atoms with E-state index in [0.29, 0.717) is 21.5 Å². The molecule has 0 fully saturated rings. The summed E-state index contributed by atoms with van der Waals surface area (Å²) in [6, 6.07) is 3.42. The van der Waals surface area contributed by atoms with Gasteiger partial charge in [-0.3, -0.25) is 4.98 Å². The molecule has 0 saturated carbocycles. The van der Waals surface area contributed by atoms with Crippen molar-refractivity contribution in [2.24, 2.45) is 0 Å². The van der Waals surface area contributed by atoms with E-state index in [1.165, 1.54) is 0 Å². The van der Waals surface area contributed by atoms with Crippen LogP contribution in [0.1, 0.15) is 5.56 Å². The maximum Gasteiger partial charge on any atom is 0.417 e. The van der Waals surface area contributed by atoms with Crippen LogP contribution in [0.5, 0.6) is 0 Å². The van der Waals surface area contributed by atoms with E-state index in [4.69, 9.17) is 16.0 Å². The van der Waals surface area contributed by atoms with Crippen molar-refractivity contribution in [3.05, 3.63) is 33.3 Å². The van der Waals surface area contributed by atoms with Crippen LogP contribution >= 0.6 is 27.5 Å². The Morgan fingerprint density at radius 1 is 1.54 bits per heavy atom. The normalized spacial score (nSPS) is 10.9. The zero-order valence-electron chi connectivity index (χ0n) is 6.43. The van der Waals surface area contributed by atoms with Gasteiger partial charge in [0.05, 0.1) is 5.52 Å². The van der Waals surface area contributed by atoms with Crippen LogP contribution in [0.2, 0.25) is 5.02 Å². The highest BCUT2D eigenvalue weighted by Crippen LogP contribution is 2.23. The number of rotatable bonds is 1. The highest BCUT2D eigenvalue weighted by Gasteiger charge is 2.05. The summed E-state index contributed by atoms with van der Waals surface area (Å²) in [5.41, 5.74) is 2.08. The number of hydrogen-bond donors (Lipinski definition) is 1. The summed E-state index contributed by atoms with van der Waals surface area (Å²) in [6.07, 6.45) is 0. The van der Waals surface area contributed by atoms with Crippen LogP contribution in [0.4, 0.5) is 0 Å². The minimum absolute atomic E-state index is 0.460. The second-order valence-corrected chi connectivity index (χ2v) is 3.56. The summed E-state index contributed by atoms with van der Waals surface area (Å²) >= 11 is 9.20. The first-order chi connectivity index (χ1) is 6.20. The number of fused-ring (bicyclic) bond motifs is 1. The van der Waals surface area contributed by atoms with Crippen molar-refractivity contribution in [2.75, 3.05) is 0 Å². The molecule has 3 nitrogen and oxygen atoms in total. The van der Waals surface area contributed by atoms with E-state index < -0.39 is 5.76 Å². The number of alkyl halides is 1. The molecule has 0 unspecified atom stereocenters. The Morgan fingerprint density at radius 2 is 2.31 bits per heavy atom. The van der Waals surface area contributed by atoms with Gasteiger partial charge < -0.3 is 4.42 Å². The second kappa shape index (κ2) is 3.20. The van der Waals surface area contributed by atoms with Crippen LogP contribution in [0.15, 0.2) is 21.3 Å². The van der Waals surface area contributed by atoms with Crippen molar-refractivity contribution in [3.8, 4) is 0 Å². The van der Waals surface area contributed by atoms with E-state index in [-0.39, 0.29) is 0 Å². The Balaban J connectivity index is 2.80. The molecule has 13 heavy (non-hydrogen) atoms. The third-order valence-corrected chi connectivity index (χ3v) is 2.69. The molecule has 0 radical (unpaired) electrons. The lowest BCUT2D eigenvalue weighted by molar-refractivity contribution is 0.555. The summed E-state index contributed by atoms with van der Waals surface area (Å²) in [5, 5.41) is 1.24. The van der Waals surface area contributed by atoms with Gasteiger partial charge in [0, 0.05) is 16.4 Å². The minimum Gasteiger partial charge on any atom is -0.408 e. The zero-order valence-corrected chi connectivity index (χ0v) is 8.78. The molecule has 0 aliphatic rings. The molecule has 0 aliphatic carbocycles. The molecule has 2 aromatic rings. The van der Waals surface area contributed by atoms with Crippen LogP contribution in [0.3, 0.4) is 0 Å². The van der Waals surface area contributed by atoms with Crippen LogP contribution in [-0.4, -0.2) is 4.98 Å². The van der Waals surface area contributed by atoms with E-state index >= 15 is 0 Å². The van der Waals surface area contributed by atoms with Gasteiger partial charge >= 0.3 is 5.76 Å². The first-order valence-electron chi connectivity index (χ1n) is 3.58. The maximum absolute atomic E-state index is 10.8. The number of H-pyrrole nitrogens is 1. The Labute approximate surface area is 86.8 Å². The van der Waals surface area contributed by atoms with Crippen LogP contribution in [-0.2, 0) is 5.33 Å². The molecule has 0 atom stereocenters. The van der Waals surface area contributed by atoms with Gasteiger partial charge in [-0.25, -0.2) is 4.79 Å². The summed E-state index contributed by atoms with van der Waals surface area (Å²) in [4.78, 5) is 13.4. The fraction of sp³-hybridized carbons (Fsp3) is 0.125. The predicted octanol–water partition coefficient (Wildman–Crippen LogP) is 2.67. The molecule has 0 amide bonds. The number of hydrogen-bond acceptors (Lipinski definition) is 2. The van der Waals surface area contributed by atoms with Gasteiger partial charge in [0.15, 0.2) is 5.58 Å². The lowest BCUT2D eigenvalue weighted by Crippen LogP contribution is -1.92. The molecule has 1 heterocycles. The number of aromatic amines is 1. The van der Waals surface area contributed by atoms with Gasteiger partial charge in [0.1, 0.15) is 0 Å². The molecule has 0 spiro atoms. The fourth-order valence-electron chi connectivity index (χ4n) is 1.12. The highest BCUT2D eigenvalue weighted by atomic mass is 79.9. The first kappa shape index (κ1) is 8.84. The average molecular weight is 262 g/mol. The van der Waals surface area contributed by atoms with Crippen molar-refractivity contribution in [3.63, 3.8) is 0 Å². The van der Waals surface area contributed by atoms with Crippen molar-refractivity contribution in [1.82, 2.24) is 4.98 Å². The highest BCUT2D eigenvalue weighted by molar-refractivity contribution is 9.08. The molecule has 1 aromatic heterocycles. The van der Waals surface area contributed by atoms with Gasteiger partial charge in [-0.15, -0.1) is 0 Å². The van der Waals surface area contributed by atoms with Crippen molar-refractivity contribution in [1.29, 1.82) is 0 Å². The van der Waals surface area contributed by atoms with E-state index in [1.807, 2.05) is 0 Å². The molecular formula is C8H5BrClNO2. The third kappa shape index (κ3) is 1.51. The topological polar surface area (TPSA) is 46.0 Å². The van der Waals surface area contributed by atoms with Crippen molar-refractivity contribution in [2.45, 2.75) is 5.33 Å². The summed E-state index contributed by atoms with van der Waals surface area (Å²) in [5.74, 6) is -0.460. The van der Waals surface area contributed by atoms with Crippen LogP contribution < -0.4 is 5.76 Å². The molecule has 0 aliphatic heterocycles. The average Bonchev–Trinajstić information content (AvgIpc) is 2.42. The summed E-state index contributed by atoms with van der Waals surface area (Å²) < 4.78 is 4.84. The smallest absolute Gasteiger partial charge is 0.408 e. The number of halogens is 2. The Bertz CT molecular complexity index is 502.